The zero-order valence-corrected chi connectivity index (χ0v) is 13.3. The van der Waals surface area contributed by atoms with E-state index in [9.17, 15) is 0 Å². The van der Waals surface area contributed by atoms with Gasteiger partial charge in [-0.3, -0.25) is 0 Å². The van der Waals surface area contributed by atoms with Crippen molar-refractivity contribution in [2.45, 2.75) is 45.6 Å². The summed E-state index contributed by atoms with van der Waals surface area (Å²) in [6, 6.07) is 20.2. The van der Waals surface area contributed by atoms with Crippen molar-refractivity contribution in [1.29, 1.82) is 0 Å². The van der Waals surface area contributed by atoms with Gasteiger partial charge in [0.25, 0.3) is 0 Å². The lowest BCUT2D eigenvalue weighted by molar-refractivity contribution is 0.484. The van der Waals surface area contributed by atoms with Crippen LogP contribution in [-0.2, 0) is 6.42 Å². The highest BCUT2D eigenvalue weighted by molar-refractivity contribution is 5.24. The second-order valence-corrected chi connectivity index (χ2v) is 5.80. The number of nitrogens with one attached hydrogen (secondary N) is 1. The van der Waals surface area contributed by atoms with Crippen LogP contribution in [0.2, 0.25) is 0 Å². The Morgan fingerprint density at radius 1 is 0.952 bits per heavy atom. The molecule has 112 valence electrons. The maximum absolute atomic E-state index is 3.69. The van der Waals surface area contributed by atoms with Gasteiger partial charge in [-0.05, 0) is 50.3 Å². The fourth-order valence-corrected chi connectivity index (χ4v) is 2.66. The molecule has 2 aromatic rings. The second kappa shape index (κ2) is 8.63. The topological polar surface area (TPSA) is 12.0 Å². The predicted molar refractivity (Wildman–Crippen MR) is 91.6 cm³/mol. The minimum Gasteiger partial charge on any atom is -0.310 e. The molecule has 1 N–H and O–H groups in total. The second-order valence-electron chi connectivity index (χ2n) is 5.80. The third kappa shape index (κ3) is 5.35. The van der Waals surface area contributed by atoms with E-state index >= 15 is 0 Å². The Morgan fingerprint density at radius 2 is 1.67 bits per heavy atom. The lowest BCUT2D eigenvalue weighted by Crippen LogP contribution is -2.22. The maximum Gasteiger partial charge on any atom is 0.0320 e. The first-order valence-electron chi connectivity index (χ1n) is 8.13. The Morgan fingerprint density at radius 3 is 2.33 bits per heavy atom. The summed E-state index contributed by atoms with van der Waals surface area (Å²) in [5.41, 5.74) is 4.19. The van der Waals surface area contributed by atoms with Crippen molar-refractivity contribution in [2.75, 3.05) is 6.54 Å². The summed E-state index contributed by atoms with van der Waals surface area (Å²) in [5.74, 6) is 0. The van der Waals surface area contributed by atoms with E-state index in [0.717, 1.165) is 13.0 Å². The Bertz CT molecular complexity index is 501. The molecule has 0 aliphatic heterocycles. The van der Waals surface area contributed by atoms with Crippen molar-refractivity contribution >= 4 is 0 Å². The predicted octanol–water partition coefficient (Wildman–Crippen LogP) is 5.06. The first kappa shape index (κ1) is 15.8. The molecule has 1 unspecified atom stereocenters. The number of rotatable bonds is 8. The van der Waals surface area contributed by atoms with Crippen molar-refractivity contribution < 1.29 is 0 Å². The maximum atomic E-state index is 3.69. The Labute approximate surface area is 129 Å². The van der Waals surface area contributed by atoms with Crippen molar-refractivity contribution in [3.05, 3.63) is 71.3 Å². The van der Waals surface area contributed by atoms with E-state index in [1.807, 2.05) is 0 Å². The van der Waals surface area contributed by atoms with E-state index in [1.54, 1.807) is 0 Å². The third-order valence-corrected chi connectivity index (χ3v) is 3.92. The van der Waals surface area contributed by atoms with Crippen LogP contribution in [0.1, 0.15) is 48.9 Å². The SMILES string of the molecule is CCCNC(CCCc1ccccc1)c1ccc(C)cc1. The smallest absolute Gasteiger partial charge is 0.0320 e. The summed E-state index contributed by atoms with van der Waals surface area (Å²) < 4.78 is 0. The van der Waals surface area contributed by atoms with Crippen molar-refractivity contribution in [3.63, 3.8) is 0 Å². The standard InChI is InChI=1S/C20H27N/c1-3-16-21-20(19-14-12-17(2)13-15-19)11-7-10-18-8-5-4-6-9-18/h4-6,8-9,12-15,20-21H,3,7,10-11,16H2,1-2H3. The van der Waals surface area contributed by atoms with Gasteiger partial charge in [-0.25, -0.2) is 0 Å². The highest BCUT2D eigenvalue weighted by atomic mass is 14.9. The molecule has 0 aromatic heterocycles. The zero-order chi connectivity index (χ0) is 14.9. The highest BCUT2D eigenvalue weighted by Gasteiger charge is 2.10. The van der Waals surface area contributed by atoms with Gasteiger partial charge in [-0.1, -0.05) is 67.1 Å². The van der Waals surface area contributed by atoms with Crippen LogP contribution < -0.4 is 5.32 Å². The largest absolute Gasteiger partial charge is 0.310 e. The lowest BCUT2D eigenvalue weighted by Gasteiger charge is -2.19. The number of aryl methyl sites for hydroxylation is 2. The Balaban J connectivity index is 1.91. The molecule has 0 amide bonds. The fourth-order valence-electron chi connectivity index (χ4n) is 2.66. The summed E-state index contributed by atoms with van der Waals surface area (Å²) in [7, 11) is 0. The molecular weight excluding hydrogens is 254 g/mol. The first-order valence-corrected chi connectivity index (χ1v) is 8.13. The number of hydrogen-bond donors (Lipinski definition) is 1. The summed E-state index contributed by atoms with van der Waals surface area (Å²) in [4.78, 5) is 0. The van der Waals surface area contributed by atoms with Gasteiger partial charge in [0, 0.05) is 6.04 Å². The van der Waals surface area contributed by atoms with Gasteiger partial charge < -0.3 is 5.32 Å². The molecule has 0 spiro atoms. The molecule has 0 saturated carbocycles. The zero-order valence-electron chi connectivity index (χ0n) is 13.3. The first-order chi connectivity index (χ1) is 10.3. The van der Waals surface area contributed by atoms with Crippen LogP contribution >= 0.6 is 0 Å². The molecule has 0 aliphatic carbocycles. The average molecular weight is 281 g/mol. The molecule has 1 nitrogen and oxygen atoms in total. The Kier molecular flexibility index (Phi) is 6.49. The van der Waals surface area contributed by atoms with Crippen molar-refractivity contribution in [1.82, 2.24) is 5.32 Å². The molecule has 0 heterocycles. The monoisotopic (exact) mass is 281 g/mol. The molecule has 2 rings (SSSR count). The third-order valence-electron chi connectivity index (χ3n) is 3.92. The quantitative estimate of drug-likeness (QED) is 0.713. The van der Waals surface area contributed by atoms with Gasteiger partial charge in [0.2, 0.25) is 0 Å². The van der Waals surface area contributed by atoms with E-state index in [0.29, 0.717) is 6.04 Å². The molecule has 0 fully saturated rings. The molecule has 0 bridgehead atoms. The normalized spacial score (nSPS) is 12.3. The van der Waals surface area contributed by atoms with Crippen LogP contribution in [-0.4, -0.2) is 6.54 Å². The van der Waals surface area contributed by atoms with Crippen molar-refractivity contribution in [3.8, 4) is 0 Å². The van der Waals surface area contributed by atoms with E-state index in [2.05, 4.69) is 73.8 Å². The summed E-state index contributed by atoms with van der Waals surface area (Å²) in [6.07, 6.45) is 4.76. The van der Waals surface area contributed by atoms with Gasteiger partial charge >= 0.3 is 0 Å². The lowest BCUT2D eigenvalue weighted by atomic mass is 9.98. The van der Waals surface area contributed by atoms with Crippen LogP contribution in [0.25, 0.3) is 0 Å². The number of benzene rings is 2. The van der Waals surface area contributed by atoms with E-state index < -0.39 is 0 Å². The minimum absolute atomic E-state index is 0.481. The molecule has 2 aromatic carbocycles. The van der Waals surface area contributed by atoms with E-state index in [4.69, 9.17) is 0 Å². The highest BCUT2D eigenvalue weighted by Crippen LogP contribution is 2.20. The minimum atomic E-state index is 0.481. The van der Waals surface area contributed by atoms with Crippen LogP contribution in [0.15, 0.2) is 54.6 Å². The average Bonchev–Trinajstić information content (AvgIpc) is 2.53. The van der Waals surface area contributed by atoms with Crippen LogP contribution in [0, 0.1) is 6.92 Å². The van der Waals surface area contributed by atoms with E-state index in [1.165, 1.54) is 36.0 Å². The molecule has 0 aliphatic rings. The van der Waals surface area contributed by atoms with Gasteiger partial charge in [0.1, 0.15) is 0 Å². The molecular formula is C20H27N. The van der Waals surface area contributed by atoms with Gasteiger partial charge in [0.05, 0.1) is 0 Å². The van der Waals surface area contributed by atoms with Gasteiger partial charge in [-0.15, -0.1) is 0 Å². The van der Waals surface area contributed by atoms with Gasteiger partial charge in [0.15, 0.2) is 0 Å². The van der Waals surface area contributed by atoms with Crippen molar-refractivity contribution in [2.24, 2.45) is 0 Å². The molecule has 1 atom stereocenters. The summed E-state index contributed by atoms with van der Waals surface area (Å²) >= 11 is 0. The number of hydrogen-bond acceptors (Lipinski definition) is 1. The van der Waals surface area contributed by atoms with E-state index in [-0.39, 0.29) is 0 Å². The molecule has 0 saturated heterocycles. The van der Waals surface area contributed by atoms with Crippen LogP contribution in [0.5, 0.6) is 0 Å². The molecule has 0 radical (unpaired) electrons. The summed E-state index contributed by atoms with van der Waals surface area (Å²) in [6.45, 7) is 5.46. The van der Waals surface area contributed by atoms with Crippen LogP contribution in [0.4, 0.5) is 0 Å². The summed E-state index contributed by atoms with van der Waals surface area (Å²) in [5, 5.41) is 3.69. The fraction of sp³-hybridized carbons (Fsp3) is 0.400. The van der Waals surface area contributed by atoms with Crippen LogP contribution in [0.3, 0.4) is 0 Å². The van der Waals surface area contributed by atoms with Gasteiger partial charge in [-0.2, -0.15) is 0 Å². The Hall–Kier alpha value is -1.60. The molecule has 21 heavy (non-hydrogen) atoms. The molecule has 1 heteroatoms.